The molecule has 58 heavy (non-hydrogen) atoms. The van der Waals surface area contributed by atoms with E-state index in [1.165, 1.54) is 16.2 Å². The van der Waals surface area contributed by atoms with Crippen molar-refractivity contribution in [2.24, 2.45) is 0 Å². The van der Waals surface area contributed by atoms with Gasteiger partial charge in [0.2, 0.25) is 0 Å². The van der Waals surface area contributed by atoms with Crippen LogP contribution in [0.1, 0.15) is 0 Å². The smallest absolute Gasteiger partial charge is 0.164 e. The molecule has 0 saturated heterocycles. The lowest BCUT2D eigenvalue weighted by Crippen LogP contribution is -2.09. The topological polar surface area (TPSA) is 55.1 Å². The Morgan fingerprint density at radius 3 is 1.64 bits per heavy atom. The summed E-state index contributed by atoms with van der Waals surface area (Å²) in [5, 5.41) is 6.68. The number of furan rings is 1. The molecule has 0 saturated carbocycles. The highest BCUT2D eigenvalue weighted by Gasteiger charge is 2.20. The van der Waals surface area contributed by atoms with Crippen LogP contribution >= 0.6 is 0 Å². The molecule has 5 heteroatoms. The second-order valence-electron chi connectivity index (χ2n) is 14.5. The van der Waals surface area contributed by atoms with E-state index in [0.29, 0.717) is 17.5 Å². The fraction of sp³-hybridized carbons (Fsp3) is 0. The number of hydrogen-bond acceptors (Lipinski definition) is 5. The third-order valence-corrected chi connectivity index (χ3v) is 10.9. The number of hydrogen-bond donors (Lipinski definition) is 0. The van der Waals surface area contributed by atoms with E-state index in [1.54, 1.807) is 0 Å². The fourth-order valence-electron chi connectivity index (χ4n) is 8.01. The Bertz CT molecular complexity index is 3280. The highest BCUT2D eigenvalue weighted by atomic mass is 16.3. The Balaban J connectivity index is 1.08. The van der Waals surface area contributed by atoms with Crippen LogP contribution in [0.15, 0.2) is 211 Å². The van der Waals surface area contributed by atoms with Crippen LogP contribution in [0.5, 0.6) is 0 Å². The monoisotopic (exact) mass is 742 g/mol. The van der Waals surface area contributed by atoms with Crippen LogP contribution in [0.4, 0.5) is 17.1 Å². The van der Waals surface area contributed by atoms with Crippen molar-refractivity contribution in [2.45, 2.75) is 0 Å². The van der Waals surface area contributed by atoms with Crippen LogP contribution in [-0.2, 0) is 0 Å². The van der Waals surface area contributed by atoms with E-state index in [-0.39, 0.29) is 0 Å². The van der Waals surface area contributed by atoms with E-state index in [4.69, 9.17) is 19.4 Å². The highest BCUT2D eigenvalue weighted by Crippen LogP contribution is 2.42. The van der Waals surface area contributed by atoms with Gasteiger partial charge in [-0.3, -0.25) is 0 Å². The molecule has 0 bridgehead atoms. The number of anilines is 3. The quantitative estimate of drug-likeness (QED) is 0.163. The number of benzene rings is 9. The molecule has 0 N–H and O–H groups in total. The highest BCUT2D eigenvalue weighted by molar-refractivity contribution is 6.13. The lowest BCUT2D eigenvalue weighted by molar-refractivity contribution is 0.669. The lowest BCUT2D eigenvalue weighted by atomic mass is 9.97. The average molecular weight is 743 g/mol. The van der Waals surface area contributed by atoms with E-state index >= 15 is 0 Å². The number of rotatable bonds is 7. The van der Waals surface area contributed by atoms with Gasteiger partial charge in [0.15, 0.2) is 17.5 Å². The second-order valence-corrected chi connectivity index (χ2v) is 14.5. The van der Waals surface area contributed by atoms with Gasteiger partial charge in [-0.15, -0.1) is 0 Å². The summed E-state index contributed by atoms with van der Waals surface area (Å²) in [6.45, 7) is 0. The molecule has 0 aliphatic rings. The third-order valence-electron chi connectivity index (χ3n) is 10.9. The Morgan fingerprint density at radius 2 is 0.879 bits per heavy atom. The Morgan fingerprint density at radius 1 is 0.328 bits per heavy atom. The normalized spacial score (nSPS) is 11.4. The minimum Gasteiger partial charge on any atom is -0.456 e. The van der Waals surface area contributed by atoms with Crippen molar-refractivity contribution in [3.8, 4) is 45.3 Å². The molecule has 0 spiro atoms. The third kappa shape index (κ3) is 6.03. The first-order valence-corrected chi connectivity index (χ1v) is 19.4. The molecule has 5 nitrogen and oxygen atoms in total. The zero-order valence-corrected chi connectivity index (χ0v) is 31.3. The number of fused-ring (bicyclic) bond motifs is 5. The van der Waals surface area contributed by atoms with Crippen LogP contribution in [0, 0.1) is 0 Å². The maximum atomic E-state index is 6.59. The number of nitrogens with zero attached hydrogens (tertiary/aromatic N) is 4. The van der Waals surface area contributed by atoms with Crippen LogP contribution in [0.25, 0.3) is 88.8 Å². The van der Waals surface area contributed by atoms with Crippen LogP contribution in [0.3, 0.4) is 0 Å². The van der Waals surface area contributed by atoms with Gasteiger partial charge in [-0.2, -0.15) is 0 Å². The molecule has 0 fully saturated rings. The first-order chi connectivity index (χ1) is 28.7. The zero-order chi connectivity index (χ0) is 38.4. The lowest BCUT2D eigenvalue weighted by Gasteiger charge is -2.26. The van der Waals surface area contributed by atoms with Crippen molar-refractivity contribution in [3.63, 3.8) is 0 Å². The molecule has 0 aliphatic carbocycles. The minimum absolute atomic E-state index is 0.582. The molecule has 11 aromatic rings. The summed E-state index contributed by atoms with van der Waals surface area (Å²) < 4.78 is 6.59. The average Bonchev–Trinajstić information content (AvgIpc) is 3.68. The first kappa shape index (κ1) is 33.4. The summed E-state index contributed by atoms with van der Waals surface area (Å²) in [6.07, 6.45) is 0. The van der Waals surface area contributed by atoms with Crippen molar-refractivity contribution in [3.05, 3.63) is 206 Å². The molecule has 11 rings (SSSR count). The summed E-state index contributed by atoms with van der Waals surface area (Å²) in [4.78, 5) is 17.8. The van der Waals surface area contributed by atoms with Gasteiger partial charge >= 0.3 is 0 Å². The minimum atomic E-state index is 0.582. The van der Waals surface area contributed by atoms with Gasteiger partial charge in [0, 0.05) is 44.5 Å². The maximum absolute atomic E-state index is 6.59. The van der Waals surface area contributed by atoms with E-state index in [9.17, 15) is 0 Å². The number of para-hydroxylation sites is 2. The molecule has 272 valence electrons. The molecule has 0 aliphatic heterocycles. The van der Waals surface area contributed by atoms with Crippen molar-refractivity contribution >= 4 is 60.5 Å². The number of aromatic nitrogens is 3. The largest absolute Gasteiger partial charge is 0.456 e. The molecule has 2 aromatic heterocycles. The van der Waals surface area contributed by atoms with Crippen LogP contribution in [-0.4, -0.2) is 15.0 Å². The van der Waals surface area contributed by atoms with Crippen molar-refractivity contribution in [1.29, 1.82) is 0 Å². The molecular weight excluding hydrogens is 709 g/mol. The maximum Gasteiger partial charge on any atom is 0.164 e. The van der Waals surface area contributed by atoms with Crippen molar-refractivity contribution in [1.82, 2.24) is 15.0 Å². The van der Waals surface area contributed by atoms with Gasteiger partial charge in [0.1, 0.15) is 11.2 Å². The predicted octanol–water partition coefficient (Wildman–Crippen LogP) is 14.2. The van der Waals surface area contributed by atoms with E-state index in [1.807, 2.05) is 48.5 Å². The second kappa shape index (κ2) is 14.0. The van der Waals surface area contributed by atoms with Crippen LogP contribution in [0.2, 0.25) is 0 Å². The van der Waals surface area contributed by atoms with Crippen LogP contribution < -0.4 is 4.90 Å². The van der Waals surface area contributed by atoms with Crippen molar-refractivity contribution < 1.29 is 4.42 Å². The SMILES string of the molecule is c1ccc(-c2nc(-c3ccc4ccccc4c3)nc(-c3cc(-c4ccc(N(c5ccccc5)c5ccc6ccccc6c5)cc4)cc4oc5ccccc5c34)n2)cc1. The standard InChI is InChI=1S/C53H34N4O/c1-3-15-38(16-4-1)51-54-52(41-24-23-35-13-7-9-17-39(35)31-41)56-53(55-51)47-33-42(34-49-50(47)46-21-11-12-22-48(46)58-49)37-25-28-44(29-26-37)57(43-19-5-2-6-20-43)45-30-27-36-14-8-10-18-40(36)32-45/h1-34H. The molecule has 0 radical (unpaired) electrons. The van der Waals surface area contributed by atoms with Gasteiger partial charge in [-0.05, 0) is 93.3 Å². The molecule has 0 atom stereocenters. The Hall–Kier alpha value is -7.89. The van der Waals surface area contributed by atoms with Gasteiger partial charge in [-0.25, -0.2) is 15.0 Å². The summed E-state index contributed by atoms with van der Waals surface area (Å²) in [5.74, 6) is 1.80. The van der Waals surface area contributed by atoms with E-state index < -0.39 is 0 Å². The first-order valence-electron chi connectivity index (χ1n) is 19.4. The van der Waals surface area contributed by atoms with Gasteiger partial charge in [0.25, 0.3) is 0 Å². The summed E-state index contributed by atoms with van der Waals surface area (Å²) in [6, 6.07) is 71.7. The zero-order valence-electron chi connectivity index (χ0n) is 31.3. The van der Waals surface area contributed by atoms with E-state index in [0.717, 1.165) is 72.2 Å². The molecule has 0 amide bonds. The summed E-state index contributed by atoms with van der Waals surface area (Å²) >= 11 is 0. The summed E-state index contributed by atoms with van der Waals surface area (Å²) in [7, 11) is 0. The Kier molecular flexibility index (Phi) is 8.07. The molecule has 2 heterocycles. The van der Waals surface area contributed by atoms with E-state index in [2.05, 4.69) is 163 Å². The summed E-state index contributed by atoms with van der Waals surface area (Å²) in [5.41, 5.74) is 9.59. The van der Waals surface area contributed by atoms with Gasteiger partial charge in [-0.1, -0.05) is 146 Å². The van der Waals surface area contributed by atoms with Crippen molar-refractivity contribution in [2.75, 3.05) is 4.90 Å². The molecule has 0 unspecified atom stereocenters. The Labute approximate surface area is 335 Å². The predicted molar refractivity (Wildman–Crippen MR) is 239 cm³/mol. The molecule has 9 aromatic carbocycles. The molecular formula is C53H34N4O. The fourth-order valence-corrected chi connectivity index (χ4v) is 8.01. The van der Waals surface area contributed by atoms with Gasteiger partial charge in [0.05, 0.1) is 0 Å². The van der Waals surface area contributed by atoms with Gasteiger partial charge < -0.3 is 9.32 Å².